The maximum Gasteiger partial charge on any atom is 0.163 e. The molecule has 1 aromatic heterocycles. The van der Waals surface area contributed by atoms with Gasteiger partial charge in [0.25, 0.3) is 0 Å². The number of rotatable bonds is 12. The Bertz CT molecular complexity index is 1270. The highest BCUT2D eigenvalue weighted by atomic mass is 19.1. The molecule has 2 aromatic carbocycles. The lowest BCUT2D eigenvalue weighted by Gasteiger charge is -2.28. The van der Waals surface area contributed by atoms with Gasteiger partial charge in [0.15, 0.2) is 5.78 Å². The van der Waals surface area contributed by atoms with Crippen molar-refractivity contribution in [3.63, 3.8) is 0 Å². The van der Waals surface area contributed by atoms with Crippen molar-refractivity contribution in [1.82, 2.24) is 4.98 Å². The van der Waals surface area contributed by atoms with E-state index in [4.69, 9.17) is 19.6 Å². The van der Waals surface area contributed by atoms with Crippen LogP contribution in [-0.2, 0) is 12.0 Å². The number of ketones is 1. The highest BCUT2D eigenvalue weighted by Crippen LogP contribution is 2.49. The van der Waals surface area contributed by atoms with Crippen LogP contribution in [0, 0.1) is 18.7 Å². The number of hydrogen-bond acceptors (Lipinski definition) is 6. The molecule has 1 aliphatic carbocycles. The van der Waals surface area contributed by atoms with Gasteiger partial charge >= 0.3 is 0 Å². The molecule has 1 saturated carbocycles. The second-order valence-electron chi connectivity index (χ2n) is 9.69. The molecule has 3 aromatic rings. The summed E-state index contributed by atoms with van der Waals surface area (Å²) < 4.78 is 24.8. The summed E-state index contributed by atoms with van der Waals surface area (Å²) in [5.74, 6) is 0.767. The van der Waals surface area contributed by atoms with E-state index in [9.17, 15) is 14.3 Å². The zero-order valence-corrected chi connectivity index (χ0v) is 21.6. The van der Waals surface area contributed by atoms with E-state index in [0.29, 0.717) is 52.4 Å². The molecule has 196 valence electrons. The van der Waals surface area contributed by atoms with E-state index < -0.39 is 5.60 Å². The minimum absolute atomic E-state index is 0.0133. The van der Waals surface area contributed by atoms with Crippen molar-refractivity contribution in [2.45, 2.75) is 51.0 Å². The van der Waals surface area contributed by atoms with Gasteiger partial charge in [0.1, 0.15) is 28.6 Å². The summed E-state index contributed by atoms with van der Waals surface area (Å²) in [5.41, 5.74) is 2.39. The molecule has 1 heterocycles. The van der Waals surface area contributed by atoms with E-state index in [1.54, 1.807) is 57.5 Å². The number of carbonyl (C=O) groups excluding carboxylic acids is 1. The summed E-state index contributed by atoms with van der Waals surface area (Å²) in [6.45, 7) is 1.78. The number of benzene rings is 2. The topological polar surface area (TPSA) is 88.9 Å². The van der Waals surface area contributed by atoms with Crippen molar-refractivity contribution in [1.29, 1.82) is 0 Å². The molecular formula is C30H34FNO5. The molecule has 6 nitrogen and oxygen atoms in total. The highest BCUT2D eigenvalue weighted by Gasteiger charge is 2.46. The fourth-order valence-corrected chi connectivity index (χ4v) is 4.80. The number of hydrogen-bond donors (Lipinski definition) is 2. The molecule has 4 rings (SSSR count). The first-order valence-electron chi connectivity index (χ1n) is 12.7. The molecule has 7 heteroatoms. The van der Waals surface area contributed by atoms with Gasteiger partial charge in [-0.3, -0.25) is 4.79 Å². The molecule has 0 spiro atoms. The van der Waals surface area contributed by atoms with Gasteiger partial charge in [-0.05, 0) is 92.5 Å². The predicted octanol–water partition coefficient (Wildman–Crippen LogP) is 5.40. The second kappa shape index (κ2) is 11.4. The Balaban J connectivity index is 1.59. The van der Waals surface area contributed by atoms with Crippen LogP contribution < -0.4 is 9.47 Å². The molecular weight excluding hydrogens is 473 g/mol. The first-order valence-corrected chi connectivity index (χ1v) is 12.7. The zero-order chi connectivity index (χ0) is 26.6. The molecule has 1 fully saturated rings. The van der Waals surface area contributed by atoms with Gasteiger partial charge in [0.2, 0.25) is 0 Å². The molecule has 37 heavy (non-hydrogen) atoms. The smallest absolute Gasteiger partial charge is 0.163 e. The molecule has 1 atom stereocenters. The number of aryl methyl sites for hydroxylation is 2. The van der Waals surface area contributed by atoms with Crippen LogP contribution in [0.1, 0.15) is 59.3 Å². The first-order chi connectivity index (χ1) is 17.8. The minimum atomic E-state index is -1.27. The fraction of sp³-hybridized carbons (Fsp3) is 0.400. The third-order valence-corrected chi connectivity index (χ3v) is 7.15. The number of ether oxygens (including phenoxy) is 2. The molecule has 1 aliphatic rings. The fourth-order valence-electron chi connectivity index (χ4n) is 4.80. The molecule has 0 bridgehead atoms. The molecule has 0 amide bonds. The van der Waals surface area contributed by atoms with E-state index >= 15 is 0 Å². The van der Waals surface area contributed by atoms with Crippen molar-refractivity contribution >= 4 is 5.78 Å². The number of carbonyl (C=O) groups is 1. The number of halogens is 1. The first kappa shape index (κ1) is 26.8. The number of aliphatic hydroxyl groups excluding tert-OH is 1. The lowest BCUT2D eigenvalue weighted by molar-refractivity contribution is -0.00110. The summed E-state index contributed by atoms with van der Waals surface area (Å²) in [6.07, 6.45) is 3.37. The Morgan fingerprint density at radius 2 is 1.84 bits per heavy atom. The van der Waals surface area contributed by atoms with E-state index in [1.807, 2.05) is 6.07 Å². The van der Waals surface area contributed by atoms with Crippen molar-refractivity contribution in [3.05, 3.63) is 76.7 Å². The number of nitrogens with zero attached hydrogens (tertiary/aromatic N) is 1. The summed E-state index contributed by atoms with van der Waals surface area (Å²) in [6, 6.07) is 13.6. The highest BCUT2D eigenvalue weighted by molar-refractivity contribution is 5.96. The van der Waals surface area contributed by atoms with E-state index in [1.165, 1.54) is 6.07 Å². The van der Waals surface area contributed by atoms with Crippen molar-refractivity contribution < 1.29 is 28.9 Å². The summed E-state index contributed by atoms with van der Waals surface area (Å²) >= 11 is 0. The van der Waals surface area contributed by atoms with Crippen molar-refractivity contribution in [2.75, 3.05) is 20.8 Å². The Labute approximate surface area is 217 Å². The van der Waals surface area contributed by atoms with E-state index in [-0.39, 0.29) is 37.0 Å². The van der Waals surface area contributed by atoms with Gasteiger partial charge in [-0.25, -0.2) is 9.37 Å². The average Bonchev–Trinajstić information content (AvgIpc) is 3.77. The summed E-state index contributed by atoms with van der Waals surface area (Å²) in [7, 11) is 3.11. The normalized spacial score (nSPS) is 14.8. The maximum atomic E-state index is 13.9. The number of Topliss-reactive ketones (excluding diaryl/α,β-unsaturated/α-hetero) is 1. The third-order valence-electron chi connectivity index (χ3n) is 7.15. The lowest BCUT2D eigenvalue weighted by atomic mass is 9.86. The molecule has 1 unspecified atom stereocenters. The van der Waals surface area contributed by atoms with Crippen LogP contribution in [0.25, 0.3) is 11.3 Å². The predicted molar refractivity (Wildman–Crippen MR) is 140 cm³/mol. The molecule has 0 radical (unpaired) electrons. The van der Waals surface area contributed by atoms with Gasteiger partial charge in [-0.1, -0.05) is 12.1 Å². The van der Waals surface area contributed by atoms with Crippen LogP contribution in [0.2, 0.25) is 0 Å². The van der Waals surface area contributed by atoms with Crippen LogP contribution in [0.3, 0.4) is 0 Å². The molecule has 0 aliphatic heterocycles. The van der Waals surface area contributed by atoms with Gasteiger partial charge < -0.3 is 19.7 Å². The number of aliphatic hydroxyl groups is 2. The lowest BCUT2D eigenvalue weighted by Crippen LogP contribution is -2.30. The Morgan fingerprint density at radius 1 is 1.08 bits per heavy atom. The van der Waals surface area contributed by atoms with Crippen molar-refractivity contribution in [2.24, 2.45) is 5.92 Å². The number of pyridine rings is 1. The standard InChI is InChI=1S/C30H34FNO5/c1-19-17-22(8-11-24(19)31)29-26(36-2)12-13-28(32-29)30(35,23-9-10-23)15-14-25(34)21-7-6-20(5-4-16-33)27(18-21)37-3/h6-8,11-13,17-18,23,33,35H,4-5,9-10,14-16H2,1-3H3. The van der Waals surface area contributed by atoms with Crippen LogP contribution in [0.4, 0.5) is 4.39 Å². The SMILES string of the molecule is COc1cc(C(=O)CCC(O)(c2ccc(OC)c(-c3ccc(F)c(C)c3)n2)C2CC2)ccc1CCCO. The Kier molecular flexibility index (Phi) is 8.25. The Morgan fingerprint density at radius 3 is 2.49 bits per heavy atom. The van der Waals surface area contributed by atoms with Crippen LogP contribution in [0.5, 0.6) is 11.5 Å². The average molecular weight is 508 g/mol. The minimum Gasteiger partial charge on any atom is -0.496 e. The zero-order valence-electron chi connectivity index (χ0n) is 21.6. The maximum absolute atomic E-state index is 13.9. The largest absolute Gasteiger partial charge is 0.496 e. The number of methoxy groups -OCH3 is 2. The summed E-state index contributed by atoms with van der Waals surface area (Å²) in [4.78, 5) is 17.9. The summed E-state index contributed by atoms with van der Waals surface area (Å²) in [5, 5.41) is 20.9. The molecule has 2 N–H and O–H groups in total. The second-order valence-corrected chi connectivity index (χ2v) is 9.69. The van der Waals surface area contributed by atoms with E-state index in [2.05, 4.69) is 0 Å². The van der Waals surface area contributed by atoms with Gasteiger partial charge in [-0.2, -0.15) is 0 Å². The van der Waals surface area contributed by atoms with Crippen LogP contribution in [-0.4, -0.2) is 41.8 Å². The van der Waals surface area contributed by atoms with Gasteiger partial charge in [0.05, 0.1) is 19.9 Å². The van der Waals surface area contributed by atoms with Crippen molar-refractivity contribution in [3.8, 4) is 22.8 Å². The monoisotopic (exact) mass is 507 g/mol. The van der Waals surface area contributed by atoms with Crippen LogP contribution >= 0.6 is 0 Å². The quantitative estimate of drug-likeness (QED) is 0.319. The van der Waals surface area contributed by atoms with Gasteiger partial charge in [0, 0.05) is 24.2 Å². The Hall–Kier alpha value is -3.29. The molecule has 0 saturated heterocycles. The number of aromatic nitrogens is 1. The van der Waals surface area contributed by atoms with E-state index in [0.717, 1.165) is 18.4 Å². The van der Waals surface area contributed by atoms with Gasteiger partial charge in [-0.15, -0.1) is 0 Å². The third kappa shape index (κ3) is 5.84. The van der Waals surface area contributed by atoms with Crippen LogP contribution in [0.15, 0.2) is 48.5 Å².